The first-order valence-electron chi connectivity index (χ1n) is 15.2. The van der Waals surface area contributed by atoms with E-state index >= 15 is 0 Å². The van der Waals surface area contributed by atoms with Gasteiger partial charge in [0.05, 0.1) is 11.0 Å². The minimum absolute atomic E-state index is 0.0194. The second kappa shape index (κ2) is 19.0. The van der Waals surface area contributed by atoms with Gasteiger partial charge in [-0.25, -0.2) is 0 Å². The second-order valence-electron chi connectivity index (χ2n) is 7.18. The zero-order valence-corrected chi connectivity index (χ0v) is 19.0. The summed E-state index contributed by atoms with van der Waals surface area (Å²) in [6.07, 6.45) is 3.60. The van der Waals surface area contributed by atoms with Crippen LogP contribution in [-0.4, -0.2) is 22.7 Å². The minimum Gasteiger partial charge on any atom is -0.504 e. The van der Waals surface area contributed by atoms with Crippen LogP contribution in [0.15, 0.2) is 66.6 Å². The molecule has 0 atom stereocenters. The Balaban J connectivity index is 2.54. The molecule has 4 nitrogen and oxygen atoms in total. The molecule has 32 heavy (non-hydrogen) atoms. The number of rotatable bonds is 17. The quantitative estimate of drug-likeness (QED) is 0.138. The molecule has 0 unspecified atom stereocenters. The van der Waals surface area contributed by atoms with E-state index in [2.05, 4.69) is 5.32 Å². The number of allylic oxidation sites excluding steroid dienone is 8. The highest BCUT2D eigenvalue weighted by Gasteiger charge is 2.03. The summed E-state index contributed by atoms with van der Waals surface area (Å²) in [4.78, 5) is 12.0. The van der Waals surface area contributed by atoms with Gasteiger partial charge in [0.1, 0.15) is 0 Å². The molecule has 0 saturated heterocycles. The lowest BCUT2D eigenvalue weighted by Gasteiger charge is -2.06. The molecule has 0 aliphatic rings. The Morgan fingerprint density at radius 2 is 1.47 bits per heavy atom. The molecule has 1 amide bonds. The van der Waals surface area contributed by atoms with Crippen LogP contribution in [0.3, 0.4) is 0 Å². The topological polar surface area (TPSA) is 69.6 Å². The van der Waals surface area contributed by atoms with Crippen molar-refractivity contribution in [3.63, 3.8) is 0 Å². The molecule has 1 aromatic carbocycles. The molecule has 4 heteroatoms. The van der Waals surface area contributed by atoms with E-state index in [4.69, 9.17) is 11.0 Å². The van der Waals surface area contributed by atoms with E-state index in [1.54, 1.807) is 6.07 Å². The van der Waals surface area contributed by atoms with Crippen LogP contribution in [0.4, 0.5) is 0 Å². The van der Waals surface area contributed by atoms with Gasteiger partial charge in [-0.1, -0.05) is 74.2 Å². The summed E-state index contributed by atoms with van der Waals surface area (Å²) in [5.74, 6) is -0.656. The predicted octanol–water partition coefficient (Wildman–Crippen LogP) is 6.90. The number of nitrogens with one attached hydrogen (secondary N) is 1. The Morgan fingerprint density at radius 1 is 0.875 bits per heavy atom. The molecule has 0 radical (unpaired) electrons. The van der Waals surface area contributed by atoms with E-state index in [1.165, 1.54) is 12.1 Å². The van der Waals surface area contributed by atoms with Crippen molar-refractivity contribution < 1.29 is 26.0 Å². The lowest BCUT2D eigenvalue weighted by molar-refractivity contribution is -0.121. The monoisotopic (exact) mass is 447 g/mol. The standard InChI is InChI=1S/C28H41NO3/c1-2-3-4-5-6-7-8-9-10-11-12-13-14-15-16-17-18-19-28(32)29-23-22-25-20-21-26(30)27(31)24-25/h6-7,9-10,12-13,15-16,20-21,24,30-31H,2-5,8,11,14,17-19,22-23H2,1H3,(H,29,32)/b7-6+,10-9-,13-12-,16-15-/i6D,7D,9D,10D,12D,13D,15D,16D. The Morgan fingerprint density at radius 3 is 2.06 bits per heavy atom. The van der Waals surface area contributed by atoms with E-state index in [0.717, 1.165) is 24.8 Å². The Bertz CT molecular complexity index is 1130. The number of unbranched alkanes of at least 4 members (excludes halogenated alkanes) is 2. The maximum Gasteiger partial charge on any atom is 0.220 e. The molecule has 0 aliphatic carbocycles. The van der Waals surface area contributed by atoms with E-state index in [0.29, 0.717) is 25.8 Å². The fourth-order valence-corrected chi connectivity index (χ4v) is 2.64. The summed E-state index contributed by atoms with van der Waals surface area (Å²) in [6, 6.07) is 3.53. The number of carbonyl (C=O) groups is 1. The van der Waals surface area contributed by atoms with Crippen molar-refractivity contribution in [2.75, 3.05) is 6.54 Å². The molecule has 3 N–H and O–H groups in total. The SMILES string of the molecule is [2H]/C(CCCC(=O)NCCc1ccc(O)c(O)c1)=C(\[2H])C/C([2H])=C(/[2H])C/C([2H])=C(/[2H])C/C([2H])=C(\[2H])CCCCC. The van der Waals surface area contributed by atoms with Crippen LogP contribution in [0.2, 0.25) is 0 Å². The lowest BCUT2D eigenvalue weighted by atomic mass is 10.1. The van der Waals surface area contributed by atoms with Gasteiger partial charge in [0.15, 0.2) is 11.5 Å². The van der Waals surface area contributed by atoms with Crippen molar-refractivity contribution in [2.45, 2.75) is 77.6 Å². The Hall–Kier alpha value is -2.75. The Labute approximate surface area is 205 Å². The third-order valence-corrected chi connectivity index (χ3v) is 4.42. The van der Waals surface area contributed by atoms with Gasteiger partial charge in [0, 0.05) is 13.0 Å². The first-order valence-corrected chi connectivity index (χ1v) is 11.2. The molecule has 1 aromatic rings. The highest BCUT2D eigenvalue weighted by molar-refractivity contribution is 5.75. The van der Waals surface area contributed by atoms with E-state index in [9.17, 15) is 15.0 Å². The third-order valence-electron chi connectivity index (χ3n) is 4.42. The number of phenols is 2. The molecule has 0 bridgehead atoms. The predicted molar refractivity (Wildman–Crippen MR) is 135 cm³/mol. The zero-order chi connectivity index (χ0) is 30.2. The van der Waals surface area contributed by atoms with Gasteiger partial charge in [-0.3, -0.25) is 4.79 Å². The van der Waals surface area contributed by atoms with Crippen molar-refractivity contribution >= 4 is 5.91 Å². The van der Waals surface area contributed by atoms with Crippen LogP contribution < -0.4 is 5.32 Å². The Kier molecular flexibility index (Phi) is 9.98. The summed E-state index contributed by atoms with van der Waals surface area (Å²) < 4.78 is 64.3. The van der Waals surface area contributed by atoms with Crippen molar-refractivity contribution in [3.8, 4) is 11.5 Å². The molecule has 176 valence electrons. The van der Waals surface area contributed by atoms with Gasteiger partial charge in [-0.15, -0.1) is 0 Å². The smallest absolute Gasteiger partial charge is 0.220 e. The van der Waals surface area contributed by atoms with Crippen LogP contribution in [0.25, 0.3) is 0 Å². The van der Waals surface area contributed by atoms with Gasteiger partial charge in [0.25, 0.3) is 0 Å². The summed E-state index contributed by atoms with van der Waals surface area (Å²) in [7, 11) is 0. The molecular weight excluding hydrogens is 398 g/mol. The van der Waals surface area contributed by atoms with Crippen LogP contribution in [0.5, 0.6) is 11.5 Å². The van der Waals surface area contributed by atoms with Gasteiger partial charge in [-0.05, 0) is 69.1 Å². The summed E-state index contributed by atoms with van der Waals surface area (Å²) in [5, 5.41) is 21.6. The first-order chi connectivity index (χ1) is 18.8. The highest BCUT2D eigenvalue weighted by atomic mass is 16.3. The number of phenolic OH excluding ortho intramolecular Hbond substituents is 2. The number of aromatic hydroxyl groups is 2. The molecule has 1 rings (SSSR count). The largest absolute Gasteiger partial charge is 0.504 e. The van der Waals surface area contributed by atoms with Crippen molar-refractivity contribution in [1.29, 1.82) is 0 Å². The van der Waals surface area contributed by atoms with Crippen LogP contribution in [0.1, 0.15) is 87.7 Å². The summed E-state index contributed by atoms with van der Waals surface area (Å²) >= 11 is 0. The van der Waals surface area contributed by atoms with Crippen LogP contribution in [-0.2, 0) is 11.2 Å². The summed E-state index contributed by atoms with van der Waals surface area (Å²) in [6.45, 7) is 2.38. The lowest BCUT2D eigenvalue weighted by Crippen LogP contribution is -2.25. The molecule has 0 aromatic heterocycles. The average molecular weight is 448 g/mol. The molecule has 0 saturated carbocycles. The van der Waals surface area contributed by atoms with Crippen molar-refractivity contribution in [3.05, 3.63) is 72.2 Å². The zero-order valence-electron chi connectivity index (χ0n) is 27.0. The normalized spacial score (nSPS) is 18.0. The molecule has 0 aliphatic heterocycles. The van der Waals surface area contributed by atoms with Crippen LogP contribution in [0, 0.1) is 0 Å². The first kappa shape index (κ1) is 16.8. The fourth-order valence-electron chi connectivity index (χ4n) is 2.64. The minimum atomic E-state index is -0.293. The maximum absolute atomic E-state index is 12.0. The van der Waals surface area contributed by atoms with E-state index in [-0.39, 0.29) is 97.9 Å². The van der Waals surface area contributed by atoms with Gasteiger partial charge < -0.3 is 15.5 Å². The second-order valence-corrected chi connectivity index (χ2v) is 7.18. The maximum atomic E-state index is 12.0. The van der Waals surface area contributed by atoms with Gasteiger partial charge in [0.2, 0.25) is 5.91 Å². The number of benzene rings is 1. The molecule has 0 spiro atoms. The third kappa shape index (κ3) is 15.1. The number of carbonyl (C=O) groups excluding carboxylic acids is 1. The fraction of sp³-hybridized carbons (Fsp3) is 0.464. The molecule has 0 heterocycles. The van der Waals surface area contributed by atoms with Crippen molar-refractivity contribution in [1.82, 2.24) is 5.32 Å². The van der Waals surface area contributed by atoms with Crippen LogP contribution >= 0.6 is 0 Å². The number of amides is 1. The number of hydrogen-bond donors (Lipinski definition) is 3. The molecule has 0 fully saturated rings. The number of hydrogen-bond acceptors (Lipinski definition) is 3. The van der Waals surface area contributed by atoms with Crippen molar-refractivity contribution in [2.24, 2.45) is 0 Å². The van der Waals surface area contributed by atoms with E-state index in [1.807, 2.05) is 6.92 Å². The highest BCUT2D eigenvalue weighted by Crippen LogP contribution is 2.24. The van der Waals surface area contributed by atoms with Gasteiger partial charge in [-0.2, -0.15) is 0 Å². The summed E-state index contributed by atoms with van der Waals surface area (Å²) in [5.41, 5.74) is 0.753. The average Bonchev–Trinajstić information content (AvgIpc) is 2.90. The molecular formula is C28H41NO3. The van der Waals surface area contributed by atoms with Gasteiger partial charge >= 0.3 is 0 Å². The van der Waals surface area contributed by atoms with E-state index < -0.39 is 0 Å².